The van der Waals surface area contributed by atoms with Crippen LogP contribution in [-0.2, 0) is 14.3 Å². The second-order valence-corrected chi connectivity index (χ2v) is 5.57. The molecule has 3 saturated heterocycles. The van der Waals surface area contributed by atoms with E-state index in [2.05, 4.69) is 10.6 Å². The molecule has 0 saturated carbocycles. The van der Waals surface area contributed by atoms with Crippen LogP contribution in [-0.4, -0.2) is 47.8 Å². The zero-order valence-electron chi connectivity index (χ0n) is 10.1. The standard InChI is InChI=1S/C12H18N2O4/c15-10(8-5-7-1-2-9(8)13-7)14-12(11(16)17)3-4-18-6-12/h7-9,13H,1-6H2,(H,14,15)(H,16,17). The summed E-state index contributed by atoms with van der Waals surface area (Å²) in [4.78, 5) is 23.6. The largest absolute Gasteiger partial charge is 0.479 e. The van der Waals surface area contributed by atoms with Crippen molar-refractivity contribution in [2.45, 2.75) is 43.3 Å². The minimum atomic E-state index is -1.21. The summed E-state index contributed by atoms with van der Waals surface area (Å²) in [6, 6.07) is 0.662. The third kappa shape index (κ3) is 1.80. The van der Waals surface area contributed by atoms with Crippen LogP contribution >= 0.6 is 0 Å². The highest BCUT2D eigenvalue weighted by Crippen LogP contribution is 2.34. The molecule has 0 spiro atoms. The van der Waals surface area contributed by atoms with Crippen LogP contribution in [0.15, 0.2) is 0 Å². The van der Waals surface area contributed by atoms with E-state index < -0.39 is 11.5 Å². The van der Waals surface area contributed by atoms with Gasteiger partial charge in [-0.25, -0.2) is 4.79 Å². The minimum Gasteiger partial charge on any atom is -0.479 e. The van der Waals surface area contributed by atoms with Gasteiger partial charge in [-0.3, -0.25) is 4.79 Å². The van der Waals surface area contributed by atoms with Crippen LogP contribution in [0.5, 0.6) is 0 Å². The van der Waals surface area contributed by atoms with Crippen molar-refractivity contribution in [2.75, 3.05) is 13.2 Å². The molecule has 6 heteroatoms. The van der Waals surface area contributed by atoms with Crippen molar-refractivity contribution in [1.82, 2.24) is 10.6 Å². The fourth-order valence-corrected chi connectivity index (χ4v) is 3.33. The number of carboxylic acids is 1. The van der Waals surface area contributed by atoms with Gasteiger partial charge >= 0.3 is 5.97 Å². The first kappa shape index (κ1) is 11.9. The maximum atomic E-state index is 12.2. The summed E-state index contributed by atoms with van der Waals surface area (Å²) in [5, 5.41) is 15.4. The number of hydrogen-bond donors (Lipinski definition) is 3. The molecule has 3 heterocycles. The molecular formula is C12H18N2O4. The maximum absolute atomic E-state index is 12.2. The summed E-state index contributed by atoms with van der Waals surface area (Å²) in [5.41, 5.74) is -1.21. The summed E-state index contributed by atoms with van der Waals surface area (Å²) in [6.45, 7) is 0.462. The monoisotopic (exact) mass is 254 g/mol. The molecule has 1 amide bonds. The van der Waals surface area contributed by atoms with Crippen molar-refractivity contribution in [3.63, 3.8) is 0 Å². The number of hydrogen-bond acceptors (Lipinski definition) is 4. The molecule has 3 aliphatic rings. The number of amides is 1. The Morgan fingerprint density at radius 3 is 2.72 bits per heavy atom. The quantitative estimate of drug-likeness (QED) is 0.631. The Bertz CT molecular complexity index is 378. The van der Waals surface area contributed by atoms with E-state index in [4.69, 9.17) is 4.74 Å². The zero-order valence-corrected chi connectivity index (χ0v) is 10.1. The summed E-state index contributed by atoms with van der Waals surface area (Å²) in [5.74, 6) is -1.22. The van der Waals surface area contributed by atoms with Gasteiger partial charge in [0, 0.05) is 25.1 Å². The van der Waals surface area contributed by atoms with Crippen LogP contribution in [0, 0.1) is 5.92 Å². The van der Waals surface area contributed by atoms with E-state index in [0.29, 0.717) is 19.1 Å². The number of fused-ring (bicyclic) bond motifs is 2. The number of carboxylic acid groups (broad SMARTS) is 1. The highest BCUT2D eigenvalue weighted by Gasteiger charge is 2.48. The number of carbonyl (C=O) groups excluding carboxylic acids is 1. The van der Waals surface area contributed by atoms with Crippen LogP contribution in [0.4, 0.5) is 0 Å². The van der Waals surface area contributed by atoms with Gasteiger partial charge in [0.15, 0.2) is 5.54 Å². The molecule has 3 fully saturated rings. The van der Waals surface area contributed by atoms with E-state index in [-0.39, 0.29) is 24.5 Å². The van der Waals surface area contributed by atoms with Crippen molar-refractivity contribution in [3.05, 3.63) is 0 Å². The lowest BCUT2D eigenvalue weighted by molar-refractivity contribution is -0.148. The van der Waals surface area contributed by atoms with Crippen molar-refractivity contribution >= 4 is 11.9 Å². The summed E-state index contributed by atoms with van der Waals surface area (Å²) >= 11 is 0. The molecular weight excluding hydrogens is 236 g/mol. The van der Waals surface area contributed by atoms with Crippen molar-refractivity contribution in [3.8, 4) is 0 Å². The highest BCUT2D eigenvalue weighted by atomic mass is 16.5. The molecule has 18 heavy (non-hydrogen) atoms. The van der Waals surface area contributed by atoms with Gasteiger partial charge < -0.3 is 20.5 Å². The molecule has 6 nitrogen and oxygen atoms in total. The van der Waals surface area contributed by atoms with Crippen LogP contribution in [0.25, 0.3) is 0 Å². The first-order valence-electron chi connectivity index (χ1n) is 6.50. The molecule has 4 atom stereocenters. The number of ether oxygens (including phenoxy) is 1. The Kier molecular flexibility index (Phi) is 2.79. The van der Waals surface area contributed by atoms with E-state index in [9.17, 15) is 14.7 Å². The topological polar surface area (TPSA) is 87.7 Å². The van der Waals surface area contributed by atoms with E-state index in [1.807, 2.05) is 0 Å². The maximum Gasteiger partial charge on any atom is 0.331 e. The third-order valence-electron chi connectivity index (χ3n) is 4.43. The predicted octanol–water partition coefficient (Wildman–Crippen LogP) is -0.513. The van der Waals surface area contributed by atoms with E-state index in [0.717, 1.165) is 19.3 Å². The number of nitrogens with one attached hydrogen (secondary N) is 2. The van der Waals surface area contributed by atoms with Gasteiger partial charge in [-0.2, -0.15) is 0 Å². The average molecular weight is 254 g/mol. The molecule has 3 N–H and O–H groups in total. The Balaban J connectivity index is 1.68. The molecule has 2 bridgehead atoms. The van der Waals surface area contributed by atoms with E-state index in [1.165, 1.54) is 0 Å². The molecule has 0 aromatic heterocycles. The third-order valence-corrected chi connectivity index (χ3v) is 4.43. The first-order valence-corrected chi connectivity index (χ1v) is 6.50. The summed E-state index contributed by atoms with van der Waals surface area (Å²) in [7, 11) is 0. The van der Waals surface area contributed by atoms with Gasteiger partial charge in [0.2, 0.25) is 5.91 Å². The summed E-state index contributed by atoms with van der Waals surface area (Å²) in [6.07, 6.45) is 3.32. The highest BCUT2D eigenvalue weighted by molar-refractivity contribution is 5.89. The first-order chi connectivity index (χ1) is 8.61. The van der Waals surface area contributed by atoms with Gasteiger partial charge in [-0.1, -0.05) is 0 Å². The zero-order chi connectivity index (χ0) is 12.8. The van der Waals surface area contributed by atoms with E-state index in [1.54, 1.807) is 0 Å². The van der Waals surface area contributed by atoms with Crippen molar-refractivity contribution in [1.29, 1.82) is 0 Å². The number of aliphatic carboxylic acids is 1. The fourth-order valence-electron chi connectivity index (χ4n) is 3.33. The van der Waals surface area contributed by atoms with Gasteiger partial charge in [0.05, 0.1) is 12.5 Å². The second-order valence-electron chi connectivity index (χ2n) is 5.57. The van der Waals surface area contributed by atoms with Crippen molar-refractivity contribution < 1.29 is 19.4 Å². The lowest BCUT2D eigenvalue weighted by Crippen LogP contribution is -2.57. The average Bonchev–Trinajstić information content (AvgIpc) is 3.04. The minimum absolute atomic E-state index is 0.0717. The van der Waals surface area contributed by atoms with Crippen LogP contribution < -0.4 is 10.6 Å². The smallest absolute Gasteiger partial charge is 0.331 e. The van der Waals surface area contributed by atoms with Gasteiger partial charge in [0.25, 0.3) is 0 Å². The molecule has 0 radical (unpaired) electrons. The molecule has 100 valence electrons. The van der Waals surface area contributed by atoms with Gasteiger partial charge in [-0.15, -0.1) is 0 Å². The van der Waals surface area contributed by atoms with Gasteiger partial charge in [-0.05, 0) is 19.3 Å². The molecule has 4 unspecified atom stereocenters. The fraction of sp³-hybridized carbons (Fsp3) is 0.833. The predicted molar refractivity (Wildman–Crippen MR) is 62.0 cm³/mol. The van der Waals surface area contributed by atoms with Crippen molar-refractivity contribution in [2.24, 2.45) is 5.92 Å². The Hall–Kier alpha value is -1.14. The Morgan fingerprint density at radius 2 is 2.22 bits per heavy atom. The molecule has 0 aliphatic carbocycles. The lowest BCUT2D eigenvalue weighted by atomic mass is 9.87. The van der Waals surface area contributed by atoms with Gasteiger partial charge in [0.1, 0.15) is 0 Å². The molecule has 0 aromatic carbocycles. The number of carbonyl (C=O) groups is 2. The Morgan fingerprint density at radius 1 is 1.39 bits per heavy atom. The molecule has 3 aliphatic heterocycles. The van der Waals surface area contributed by atoms with Crippen LogP contribution in [0.2, 0.25) is 0 Å². The van der Waals surface area contributed by atoms with Crippen LogP contribution in [0.1, 0.15) is 25.7 Å². The lowest BCUT2D eigenvalue weighted by Gasteiger charge is -2.27. The number of rotatable bonds is 3. The normalized spacial score (nSPS) is 42.1. The molecule has 0 aromatic rings. The molecule has 3 rings (SSSR count). The summed E-state index contributed by atoms with van der Waals surface area (Å²) < 4.78 is 5.14. The van der Waals surface area contributed by atoms with E-state index >= 15 is 0 Å². The van der Waals surface area contributed by atoms with Crippen LogP contribution in [0.3, 0.4) is 0 Å². The SMILES string of the molecule is O=C(NC1(C(=O)O)CCOC1)C1CC2CCC1N2. The second kappa shape index (κ2) is 4.20. The Labute approximate surface area is 105 Å².